The normalized spacial score (nSPS) is 21.7. The maximum absolute atomic E-state index is 14.8. The Morgan fingerprint density at radius 2 is 1.76 bits per heavy atom. The molecular formula is C35H38F3N5O6S2. The molecule has 51 heavy (non-hydrogen) atoms. The van der Waals surface area contributed by atoms with Gasteiger partial charge in [0, 0.05) is 24.2 Å². The van der Waals surface area contributed by atoms with Gasteiger partial charge in [-0.05, 0) is 74.0 Å². The lowest BCUT2D eigenvalue weighted by atomic mass is 9.92. The summed E-state index contributed by atoms with van der Waals surface area (Å²) in [5.41, 5.74) is -5.84. The first-order valence-corrected chi connectivity index (χ1v) is 19.1. The highest BCUT2D eigenvalue weighted by atomic mass is 32.2. The highest BCUT2D eigenvalue weighted by molar-refractivity contribution is 7.91. The summed E-state index contributed by atoms with van der Waals surface area (Å²) in [5.74, 6) is -0.0670. The molecule has 16 heteroatoms. The van der Waals surface area contributed by atoms with Gasteiger partial charge in [-0.1, -0.05) is 25.0 Å². The van der Waals surface area contributed by atoms with Crippen LogP contribution in [0.15, 0.2) is 58.7 Å². The maximum Gasteiger partial charge on any atom is 0.517 e. The minimum Gasteiger partial charge on any atom is -0.497 e. The average Bonchev–Trinajstić information content (AvgIpc) is 3.72. The third kappa shape index (κ3) is 6.47. The molecule has 0 unspecified atom stereocenters. The second-order valence-electron chi connectivity index (χ2n) is 13.2. The van der Waals surface area contributed by atoms with Crippen LogP contribution in [-0.4, -0.2) is 77.1 Å². The van der Waals surface area contributed by atoms with Crippen LogP contribution in [0, 0.1) is 0 Å². The van der Waals surface area contributed by atoms with Crippen molar-refractivity contribution < 1.29 is 36.2 Å². The molecule has 2 aromatic carbocycles. The number of halogens is 3. The van der Waals surface area contributed by atoms with E-state index >= 15 is 0 Å². The van der Waals surface area contributed by atoms with Crippen LogP contribution < -0.4 is 20.5 Å². The number of imidazole rings is 1. The Labute approximate surface area is 296 Å². The monoisotopic (exact) mass is 745 g/mol. The zero-order valence-corrected chi connectivity index (χ0v) is 29.8. The van der Waals surface area contributed by atoms with E-state index < -0.39 is 39.1 Å². The van der Waals surface area contributed by atoms with Crippen molar-refractivity contribution in [2.75, 3.05) is 30.4 Å². The van der Waals surface area contributed by atoms with Crippen LogP contribution in [0.3, 0.4) is 0 Å². The van der Waals surface area contributed by atoms with Gasteiger partial charge in [0.2, 0.25) is 0 Å². The van der Waals surface area contributed by atoms with Crippen molar-refractivity contribution >= 4 is 54.0 Å². The number of thiophene rings is 1. The molecular weight excluding hydrogens is 708 g/mol. The molecule has 2 N–H and O–H groups in total. The number of methoxy groups -OCH3 is 1. The number of aliphatic hydroxyl groups excluding tert-OH is 1. The highest BCUT2D eigenvalue weighted by Gasteiger charge is 2.50. The number of alkyl halides is 3. The van der Waals surface area contributed by atoms with E-state index in [0.29, 0.717) is 53.1 Å². The van der Waals surface area contributed by atoms with Crippen molar-refractivity contribution in [3.05, 3.63) is 69.8 Å². The lowest BCUT2D eigenvalue weighted by molar-refractivity contribution is -0.0444. The SMILES string of the molecule is COc1ccc(Cn2c(=O)c(-c3nc4ccc(N5C[C@@H](C)O[C@@H](C)C5)cc4n3S(=O)(=O)C(F)(F)F)c(N[C@H]3CCCC[C@H]3O)c3ccsc32)cc1. The Bertz CT molecular complexity index is 2240. The molecule has 5 aromatic rings. The van der Waals surface area contributed by atoms with Crippen LogP contribution in [-0.2, 0) is 21.3 Å². The summed E-state index contributed by atoms with van der Waals surface area (Å²) in [7, 11) is -4.60. The molecule has 1 aliphatic heterocycles. The van der Waals surface area contributed by atoms with Crippen molar-refractivity contribution in [1.82, 2.24) is 13.5 Å². The number of benzene rings is 2. The van der Waals surface area contributed by atoms with Gasteiger partial charge in [-0.2, -0.15) is 21.6 Å². The molecule has 11 nitrogen and oxygen atoms in total. The molecule has 2 aliphatic rings. The van der Waals surface area contributed by atoms with Crippen LogP contribution in [0.5, 0.6) is 5.75 Å². The summed E-state index contributed by atoms with van der Waals surface area (Å²) in [6.07, 6.45) is 1.48. The van der Waals surface area contributed by atoms with E-state index in [4.69, 9.17) is 9.47 Å². The number of nitrogens with one attached hydrogen (secondary N) is 1. The fourth-order valence-corrected chi connectivity index (χ4v) is 9.06. The molecule has 272 valence electrons. The van der Waals surface area contributed by atoms with Gasteiger partial charge in [-0.15, -0.1) is 11.3 Å². The standard InChI is InChI=1S/C35H38F3N5O6S2/c1-20-17-41(18-21(2)49-20)23-10-13-26-28(16-23)43(51(46,47)35(36,37)38)32(40-26)30-31(39-27-6-4-5-7-29(27)44)25-14-15-50-34(25)42(33(30)45)19-22-8-11-24(48-3)12-9-22/h8-16,20-21,27,29,39,44H,4-7,17-19H2,1-3H3/t20-,21+,27-,29+/m0/s1. The molecule has 0 radical (unpaired) electrons. The number of morpholine rings is 1. The smallest absolute Gasteiger partial charge is 0.497 e. The van der Waals surface area contributed by atoms with E-state index in [-0.39, 0.29) is 45.0 Å². The van der Waals surface area contributed by atoms with Gasteiger partial charge >= 0.3 is 15.5 Å². The molecule has 3 aromatic heterocycles. The molecule has 1 saturated carbocycles. The summed E-state index contributed by atoms with van der Waals surface area (Å²) in [4.78, 5) is 21.8. The molecule has 1 aliphatic carbocycles. The number of ether oxygens (including phenoxy) is 2. The quantitative estimate of drug-likeness (QED) is 0.192. The number of rotatable bonds is 8. The number of fused-ring (bicyclic) bond motifs is 2. The minimum absolute atomic E-state index is 0.0307. The van der Waals surface area contributed by atoms with Crippen molar-refractivity contribution in [2.45, 2.75) is 75.9 Å². The second-order valence-corrected chi connectivity index (χ2v) is 15.9. The Kier molecular flexibility index (Phi) is 9.31. The number of nitrogens with zero attached hydrogens (tertiary/aromatic N) is 4. The lowest BCUT2D eigenvalue weighted by Crippen LogP contribution is -2.45. The van der Waals surface area contributed by atoms with Gasteiger partial charge in [0.15, 0.2) is 5.82 Å². The summed E-state index contributed by atoms with van der Waals surface area (Å²) in [5, 5.41) is 16.5. The molecule has 7 rings (SSSR count). The fourth-order valence-electron chi connectivity index (χ4n) is 7.18. The second kappa shape index (κ2) is 13.5. The third-order valence-electron chi connectivity index (χ3n) is 9.56. The first-order chi connectivity index (χ1) is 24.3. The van der Waals surface area contributed by atoms with Gasteiger partial charge in [-0.25, -0.2) is 8.96 Å². The number of hydrogen-bond donors (Lipinski definition) is 2. The van der Waals surface area contributed by atoms with E-state index in [2.05, 4.69) is 10.3 Å². The van der Waals surface area contributed by atoms with Gasteiger partial charge in [0.25, 0.3) is 5.56 Å². The van der Waals surface area contributed by atoms with E-state index in [1.54, 1.807) is 41.8 Å². The van der Waals surface area contributed by atoms with Crippen molar-refractivity contribution in [2.24, 2.45) is 0 Å². The molecule has 4 heterocycles. The minimum atomic E-state index is -6.13. The van der Waals surface area contributed by atoms with Crippen LogP contribution in [0.1, 0.15) is 45.1 Å². The summed E-state index contributed by atoms with van der Waals surface area (Å²) >= 11 is 1.27. The first-order valence-electron chi connectivity index (χ1n) is 16.7. The number of aromatic nitrogens is 3. The van der Waals surface area contributed by atoms with E-state index in [0.717, 1.165) is 12.8 Å². The van der Waals surface area contributed by atoms with Crippen molar-refractivity contribution in [3.63, 3.8) is 0 Å². The molecule has 4 atom stereocenters. The molecule has 1 saturated heterocycles. The summed E-state index contributed by atoms with van der Waals surface area (Å²) < 4.78 is 83.8. The predicted molar refractivity (Wildman–Crippen MR) is 191 cm³/mol. The van der Waals surface area contributed by atoms with E-state index in [1.165, 1.54) is 35.1 Å². The maximum atomic E-state index is 14.8. The molecule has 2 fully saturated rings. The van der Waals surface area contributed by atoms with Crippen LogP contribution in [0.2, 0.25) is 0 Å². The topological polar surface area (TPSA) is 128 Å². The van der Waals surface area contributed by atoms with Crippen molar-refractivity contribution in [3.8, 4) is 17.1 Å². The van der Waals surface area contributed by atoms with Crippen LogP contribution >= 0.6 is 11.3 Å². The Morgan fingerprint density at radius 1 is 1.06 bits per heavy atom. The molecule has 0 amide bonds. The third-order valence-corrected chi connectivity index (χ3v) is 11.9. The number of anilines is 2. The molecule has 0 bridgehead atoms. The van der Waals surface area contributed by atoms with Gasteiger partial charge in [-0.3, -0.25) is 9.36 Å². The van der Waals surface area contributed by atoms with E-state index in [9.17, 15) is 31.5 Å². The predicted octanol–water partition coefficient (Wildman–Crippen LogP) is 6.16. The average molecular weight is 746 g/mol. The number of hydrogen-bond acceptors (Lipinski definition) is 10. The molecule has 0 spiro atoms. The van der Waals surface area contributed by atoms with Crippen LogP contribution in [0.25, 0.3) is 32.6 Å². The Balaban J connectivity index is 1.51. The summed E-state index contributed by atoms with van der Waals surface area (Å²) in [6, 6.07) is 12.7. The highest BCUT2D eigenvalue weighted by Crippen LogP contribution is 2.41. The van der Waals surface area contributed by atoms with E-state index in [1.807, 2.05) is 18.7 Å². The van der Waals surface area contributed by atoms with Crippen molar-refractivity contribution in [1.29, 1.82) is 0 Å². The Morgan fingerprint density at radius 3 is 2.43 bits per heavy atom. The first kappa shape index (κ1) is 35.3. The summed E-state index contributed by atoms with van der Waals surface area (Å²) in [6.45, 7) is 4.67. The zero-order valence-electron chi connectivity index (χ0n) is 28.2. The number of pyridine rings is 1. The lowest BCUT2D eigenvalue weighted by Gasteiger charge is -2.36. The zero-order chi connectivity index (χ0) is 36.2. The fraction of sp³-hybridized carbons (Fsp3) is 0.429. The largest absolute Gasteiger partial charge is 0.517 e. The van der Waals surface area contributed by atoms with Gasteiger partial charge in [0.1, 0.15) is 16.1 Å². The number of aliphatic hydroxyl groups is 1. The Hall–Kier alpha value is -4.12. The van der Waals surface area contributed by atoms with Crippen LogP contribution in [0.4, 0.5) is 24.5 Å². The van der Waals surface area contributed by atoms with Gasteiger partial charge < -0.3 is 24.8 Å². The van der Waals surface area contributed by atoms with Gasteiger partial charge in [0.05, 0.1) is 54.7 Å².